The Balaban J connectivity index is 1.79. The predicted octanol–water partition coefficient (Wildman–Crippen LogP) is 3.58. The number of ether oxygens (including phenoxy) is 1. The van der Waals surface area contributed by atoms with Crippen LogP contribution >= 0.6 is 0 Å². The molecule has 0 saturated carbocycles. The van der Waals surface area contributed by atoms with Crippen molar-refractivity contribution in [2.75, 3.05) is 5.73 Å². The van der Waals surface area contributed by atoms with E-state index in [1.165, 1.54) is 11.1 Å². The number of aryl methyl sites for hydroxylation is 2. The van der Waals surface area contributed by atoms with Gasteiger partial charge in [-0.05, 0) is 25.0 Å². The van der Waals surface area contributed by atoms with Crippen molar-refractivity contribution >= 4 is 5.82 Å². The van der Waals surface area contributed by atoms with Crippen LogP contribution in [0.15, 0.2) is 48.5 Å². The standard InChI is InChI=1S/C20H20N4O/c1-14-3-7-16(8-4-14)12-24-19(22)18(11-21)20(23-24)25-13-17-9-5-15(2)6-10-17/h3-10H,12-13,22H2,1-2H3. The average molecular weight is 332 g/mol. The van der Waals surface area contributed by atoms with Gasteiger partial charge in [-0.25, -0.2) is 4.68 Å². The van der Waals surface area contributed by atoms with Crippen LogP contribution in [0.3, 0.4) is 0 Å². The van der Waals surface area contributed by atoms with E-state index in [2.05, 4.69) is 11.2 Å². The Hall–Kier alpha value is -3.26. The third-order valence-corrected chi connectivity index (χ3v) is 4.02. The summed E-state index contributed by atoms with van der Waals surface area (Å²) in [6, 6.07) is 18.2. The molecule has 2 N–H and O–H groups in total. The van der Waals surface area contributed by atoms with Crippen LogP contribution in [0.2, 0.25) is 0 Å². The van der Waals surface area contributed by atoms with Crippen molar-refractivity contribution in [2.24, 2.45) is 0 Å². The zero-order chi connectivity index (χ0) is 17.8. The third-order valence-electron chi connectivity index (χ3n) is 4.02. The molecule has 0 spiro atoms. The lowest BCUT2D eigenvalue weighted by atomic mass is 10.1. The van der Waals surface area contributed by atoms with Gasteiger partial charge in [-0.15, -0.1) is 5.10 Å². The Bertz CT molecular complexity index is 903. The van der Waals surface area contributed by atoms with Crippen molar-refractivity contribution in [3.8, 4) is 11.9 Å². The summed E-state index contributed by atoms with van der Waals surface area (Å²) in [4.78, 5) is 0. The number of aromatic nitrogens is 2. The molecule has 0 aliphatic heterocycles. The van der Waals surface area contributed by atoms with Gasteiger partial charge in [-0.3, -0.25) is 0 Å². The fourth-order valence-corrected chi connectivity index (χ4v) is 2.48. The van der Waals surface area contributed by atoms with E-state index in [9.17, 15) is 5.26 Å². The van der Waals surface area contributed by atoms with Crippen molar-refractivity contribution in [1.82, 2.24) is 9.78 Å². The maximum Gasteiger partial charge on any atom is 0.253 e. The molecule has 0 bridgehead atoms. The highest BCUT2D eigenvalue weighted by Crippen LogP contribution is 2.24. The Morgan fingerprint density at radius 3 is 2.12 bits per heavy atom. The van der Waals surface area contributed by atoms with Crippen LogP contribution in [-0.4, -0.2) is 9.78 Å². The first-order chi connectivity index (χ1) is 12.1. The highest BCUT2D eigenvalue weighted by atomic mass is 16.5. The molecule has 0 unspecified atom stereocenters. The Kier molecular flexibility index (Phi) is 4.71. The second-order valence-electron chi connectivity index (χ2n) is 6.09. The van der Waals surface area contributed by atoms with E-state index < -0.39 is 0 Å². The Labute approximate surface area is 147 Å². The van der Waals surface area contributed by atoms with Gasteiger partial charge >= 0.3 is 0 Å². The van der Waals surface area contributed by atoms with E-state index in [0.29, 0.717) is 19.0 Å². The van der Waals surface area contributed by atoms with Gasteiger partial charge < -0.3 is 10.5 Å². The molecule has 1 heterocycles. The predicted molar refractivity (Wildman–Crippen MR) is 97.1 cm³/mol. The number of rotatable bonds is 5. The van der Waals surface area contributed by atoms with E-state index in [1.54, 1.807) is 4.68 Å². The number of nitrogens with two attached hydrogens (primary N) is 1. The summed E-state index contributed by atoms with van der Waals surface area (Å²) in [5.41, 5.74) is 10.8. The van der Waals surface area contributed by atoms with Crippen molar-refractivity contribution in [3.63, 3.8) is 0 Å². The van der Waals surface area contributed by atoms with E-state index in [0.717, 1.165) is 11.1 Å². The summed E-state index contributed by atoms with van der Waals surface area (Å²) in [5, 5.41) is 13.8. The van der Waals surface area contributed by atoms with E-state index in [1.807, 2.05) is 62.4 Å². The lowest BCUT2D eigenvalue weighted by molar-refractivity contribution is 0.289. The highest BCUT2D eigenvalue weighted by Gasteiger charge is 2.17. The van der Waals surface area contributed by atoms with Gasteiger partial charge in [0.15, 0.2) is 5.56 Å². The first-order valence-corrected chi connectivity index (χ1v) is 8.07. The van der Waals surface area contributed by atoms with Crippen LogP contribution in [0.4, 0.5) is 5.82 Å². The fraction of sp³-hybridized carbons (Fsp3) is 0.200. The normalized spacial score (nSPS) is 10.4. The maximum absolute atomic E-state index is 9.39. The number of hydrogen-bond donors (Lipinski definition) is 1. The van der Waals surface area contributed by atoms with Gasteiger partial charge in [-0.2, -0.15) is 5.26 Å². The molecule has 25 heavy (non-hydrogen) atoms. The first-order valence-electron chi connectivity index (χ1n) is 8.07. The number of anilines is 1. The lowest BCUT2D eigenvalue weighted by Gasteiger charge is -2.05. The summed E-state index contributed by atoms with van der Waals surface area (Å²) in [6.07, 6.45) is 0. The van der Waals surface area contributed by atoms with Crippen molar-refractivity contribution in [3.05, 3.63) is 76.3 Å². The number of benzene rings is 2. The Morgan fingerprint density at radius 2 is 1.56 bits per heavy atom. The summed E-state index contributed by atoms with van der Waals surface area (Å²) in [5.74, 6) is 0.592. The average Bonchev–Trinajstić information content (AvgIpc) is 2.91. The van der Waals surface area contributed by atoms with Gasteiger partial charge in [-0.1, -0.05) is 59.7 Å². The molecular weight excluding hydrogens is 312 g/mol. The molecular formula is C20H20N4O. The first kappa shape index (κ1) is 16.6. The van der Waals surface area contributed by atoms with Gasteiger partial charge in [0.05, 0.1) is 6.54 Å². The molecule has 0 radical (unpaired) electrons. The number of nitrogens with zero attached hydrogens (tertiary/aromatic N) is 3. The molecule has 5 nitrogen and oxygen atoms in total. The summed E-state index contributed by atoms with van der Waals surface area (Å²) in [7, 11) is 0. The molecule has 0 fully saturated rings. The monoisotopic (exact) mass is 332 g/mol. The van der Waals surface area contributed by atoms with Crippen LogP contribution in [-0.2, 0) is 13.2 Å². The molecule has 3 aromatic rings. The van der Waals surface area contributed by atoms with E-state index in [-0.39, 0.29) is 11.4 Å². The van der Waals surface area contributed by atoms with Crippen LogP contribution in [0.25, 0.3) is 0 Å². The summed E-state index contributed by atoms with van der Waals surface area (Å²) >= 11 is 0. The molecule has 3 rings (SSSR count). The number of nitrogen functional groups attached to an aromatic ring is 1. The maximum atomic E-state index is 9.39. The molecule has 0 aliphatic carbocycles. The summed E-state index contributed by atoms with van der Waals surface area (Å²) < 4.78 is 7.34. The van der Waals surface area contributed by atoms with Gasteiger partial charge in [0.1, 0.15) is 18.5 Å². The highest BCUT2D eigenvalue weighted by molar-refractivity contribution is 5.55. The molecule has 1 aromatic heterocycles. The largest absolute Gasteiger partial charge is 0.471 e. The van der Waals surface area contributed by atoms with Gasteiger partial charge in [0, 0.05) is 0 Å². The summed E-state index contributed by atoms with van der Waals surface area (Å²) in [6.45, 7) is 4.91. The van der Waals surface area contributed by atoms with Crippen LogP contribution < -0.4 is 10.5 Å². The smallest absolute Gasteiger partial charge is 0.253 e. The molecule has 5 heteroatoms. The van der Waals surface area contributed by atoms with Crippen molar-refractivity contribution in [2.45, 2.75) is 27.0 Å². The quantitative estimate of drug-likeness (QED) is 0.774. The zero-order valence-corrected chi connectivity index (χ0v) is 14.4. The number of nitriles is 1. The minimum atomic E-state index is 0.271. The number of hydrogen-bond acceptors (Lipinski definition) is 4. The molecule has 2 aromatic carbocycles. The third kappa shape index (κ3) is 3.81. The van der Waals surface area contributed by atoms with E-state index in [4.69, 9.17) is 10.5 Å². The lowest BCUT2D eigenvalue weighted by Crippen LogP contribution is -2.06. The van der Waals surface area contributed by atoms with Crippen LogP contribution in [0.5, 0.6) is 5.88 Å². The van der Waals surface area contributed by atoms with Gasteiger partial charge in [0.25, 0.3) is 5.88 Å². The second-order valence-corrected chi connectivity index (χ2v) is 6.09. The molecule has 0 amide bonds. The molecule has 0 aliphatic rings. The van der Waals surface area contributed by atoms with E-state index >= 15 is 0 Å². The van der Waals surface area contributed by atoms with Crippen molar-refractivity contribution < 1.29 is 4.74 Å². The Morgan fingerprint density at radius 1 is 1.00 bits per heavy atom. The minimum absolute atomic E-state index is 0.271. The minimum Gasteiger partial charge on any atom is -0.471 e. The molecule has 0 atom stereocenters. The fourth-order valence-electron chi connectivity index (χ4n) is 2.48. The molecule has 126 valence electrons. The zero-order valence-electron chi connectivity index (χ0n) is 14.4. The van der Waals surface area contributed by atoms with Crippen LogP contribution in [0.1, 0.15) is 27.8 Å². The SMILES string of the molecule is Cc1ccc(COc2nn(Cc3ccc(C)cc3)c(N)c2C#N)cc1. The van der Waals surface area contributed by atoms with Crippen molar-refractivity contribution in [1.29, 1.82) is 5.26 Å². The molecule has 0 saturated heterocycles. The van der Waals surface area contributed by atoms with Crippen LogP contribution in [0, 0.1) is 25.2 Å². The van der Waals surface area contributed by atoms with Gasteiger partial charge in [0.2, 0.25) is 0 Å². The topological polar surface area (TPSA) is 76.9 Å². The second kappa shape index (κ2) is 7.10.